The Morgan fingerprint density at radius 1 is 1.15 bits per heavy atom. The lowest BCUT2D eigenvalue weighted by molar-refractivity contribution is -0.145. The van der Waals surface area contributed by atoms with Crippen molar-refractivity contribution in [3.63, 3.8) is 0 Å². The zero-order chi connectivity index (χ0) is 20.7. The number of carbonyl (C=O) groups excluding carboxylic acids is 3. The van der Waals surface area contributed by atoms with Crippen LogP contribution in [0.3, 0.4) is 0 Å². The zero-order valence-electron chi connectivity index (χ0n) is 16.5. The number of amides is 2. The molecule has 0 aromatic rings. The highest BCUT2D eigenvalue weighted by molar-refractivity contribution is 7.91. The van der Waals surface area contributed by atoms with Crippen molar-refractivity contribution in [1.82, 2.24) is 10.6 Å². The SMILES string of the molecule is COC(=O)[C@H](CCS(C)(=[15NH])=O)NC(=O)[C@@H](NC(=O)OC(C)(C)C)C(C)C. The van der Waals surface area contributed by atoms with Crippen LogP contribution in [0.2, 0.25) is 0 Å². The van der Waals surface area contributed by atoms with Gasteiger partial charge in [0.25, 0.3) is 0 Å². The minimum atomic E-state index is -2.82. The summed E-state index contributed by atoms with van der Waals surface area (Å²) in [4.78, 5) is 36.3. The molecule has 2 amide bonds. The molecule has 1 unspecified atom stereocenters. The van der Waals surface area contributed by atoms with Gasteiger partial charge in [-0.1, -0.05) is 13.8 Å². The second-order valence-electron chi connectivity index (χ2n) is 7.45. The van der Waals surface area contributed by atoms with Crippen molar-refractivity contribution in [3.8, 4) is 0 Å². The van der Waals surface area contributed by atoms with Crippen LogP contribution in [0.25, 0.3) is 0 Å². The zero-order valence-corrected chi connectivity index (χ0v) is 17.3. The molecular weight excluding hydrogens is 363 g/mol. The first kappa shape index (κ1) is 24.2. The van der Waals surface area contributed by atoms with Gasteiger partial charge in [0.15, 0.2) is 0 Å². The van der Waals surface area contributed by atoms with E-state index >= 15 is 0 Å². The largest absolute Gasteiger partial charge is 0.467 e. The molecule has 0 spiro atoms. The third-order valence-corrected chi connectivity index (χ3v) is 4.23. The molecule has 9 nitrogen and oxygen atoms in total. The fourth-order valence-corrected chi connectivity index (χ4v) is 2.65. The van der Waals surface area contributed by atoms with E-state index in [1.807, 2.05) is 0 Å². The first-order valence-corrected chi connectivity index (χ1v) is 10.4. The van der Waals surface area contributed by atoms with Gasteiger partial charge in [0.2, 0.25) is 5.91 Å². The van der Waals surface area contributed by atoms with Crippen LogP contribution in [0.15, 0.2) is 0 Å². The Bertz CT molecular complexity index is 610. The van der Waals surface area contributed by atoms with E-state index in [1.165, 1.54) is 13.4 Å². The number of alkyl carbamates (subject to hydrolysis) is 1. The van der Waals surface area contributed by atoms with Crippen LogP contribution in [-0.2, 0) is 28.8 Å². The molecule has 26 heavy (non-hydrogen) atoms. The van der Waals surface area contributed by atoms with Gasteiger partial charge in [-0.15, -0.1) is 0 Å². The summed E-state index contributed by atoms with van der Waals surface area (Å²) < 4.78 is 28.8. The molecule has 0 heterocycles. The quantitative estimate of drug-likeness (QED) is 0.419. The molecular formula is C16H31N3O6S. The highest BCUT2D eigenvalue weighted by Crippen LogP contribution is 2.09. The lowest BCUT2D eigenvalue weighted by Crippen LogP contribution is -2.54. The molecule has 0 aromatic heterocycles. The molecule has 0 bridgehead atoms. The van der Waals surface area contributed by atoms with Crippen LogP contribution in [-0.4, -0.2) is 59.0 Å². The van der Waals surface area contributed by atoms with Crippen LogP contribution in [0.1, 0.15) is 41.0 Å². The van der Waals surface area contributed by atoms with Crippen LogP contribution >= 0.6 is 0 Å². The lowest BCUT2D eigenvalue weighted by Gasteiger charge is -2.26. The van der Waals surface area contributed by atoms with E-state index in [9.17, 15) is 18.6 Å². The van der Waals surface area contributed by atoms with Crippen molar-refractivity contribution in [2.45, 2.75) is 58.7 Å². The summed E-state index contributed by atoms with van der Waals surface area (Å²) in [5.41, 5.74) is -0.716. The van der Waals surface area contributed by atoms with Crippen molar-refractivity contribution < 1.29 is 28.1 Å². The Labute approximate surface area is 155 Å². The summed E-state index contributed by atoms with van der Waals surface area (Å²) in [6, 6.07) is -1.99. The maximum absolute atomic E-state index is 12.5. The predicted octanol–water partition coefficient (Wildman–Crippen LogP) is 1.26. The smallest absolute Gasteiger partial charge is 0.408 e. The van der Waals surface area contributed by atoms with Gasteiger partial charge in [0, 0.05) is 21.7 Å². The summed E-state index contributed by atoms with van der Waals surface area (Å²) >= 11 is 0. The predicted molar refractivity (Wildman–Crippen MR) is 98.2 cm³/mol. The maximum atomic E-state index is 12.5. The van der Waals surface area contributed by atoms with Gasteiger partial charge in [-0.25, -0.2) is 9.59 Å². The third kappa shape index (κ3) is 10.2. The van der Waals surface area contributed by atoms with Crippen molar-refractivity contribution >= 4 is 27.7 Å². The second-order valence-corrected chi connectivity index (χ2v) is 9.87. The Hall–Kier alpha value is -1.84. The Morgan fingerprint density at radius 3 is 2.08 bits per heavy atom. The summed E-state index contributed by atoms with van der Waals surface area (Å²) in [6.07, 6.45) is 0.502. The van der Waals surface area contributed by atoms with Crippen LogP contribution in [0, 0.1) is 10.7 Å². The van der Waals surface area contributed by atoms with Crippen molar-refractivity contribution in [2.75, 3.05) is 19.1 Å². The molecule has 0 aliphatic heterocycles. The molecule has 0 aliphatic carbocycles. The number of nitrogens with one attached hydrogen (secondary N) is 3. The number of rotatable bonds is 8. The minimum Gasteiger partial charge on any atom is -0.467 e. The highest BCUT2D eigenvalue weighted by Gasteiger charge is 2.30. The Kier molecular flexibility index (Phi) is 9.06. The summed E-state index contributed by atoms with van der Waals surface area (Å²) in [6.45, 7) is 8.57. The number of hydrogen-bond donors (Lipinski definition) is 3. The molecule has 10 heteroatoms. The van der Waals surface area contributed by atoms with Gasteiger partial charge in [0.05, 0.1) is 7.11 Å². The van der Waals surface area contributed by atoms with E-state index in [4.69, 9.17) is 9.52 Å². The topological polar surface area (TPSA) is 135 Å². The summed E-state index contributed by atoms with van der Waals surface area (Å²) in [5, 5.41) is 4.99. The Morgan fingerprint density at radius 2 is 1.69 bits per heavy atom. The molecule has 0 aromatic carbocycles. The van der Waals surface area contributed by atoms with E-state index in [2.05, 4.69) is 15.4 Å². The van der Waals surface area contributed by atoms with Gasteiger partial charge in [-0.3, -0.25) is 13.8 Å². The van der Waals surface area contributed by atoms with E-state index in [0.29, 0.717) is 0 Å². The monoisotopic (exact) mass is 394 g/mol. The van der Waals surface area contributed by atoms with E-state index in [-0.39, 0.29) is 18.1 Å². The van der Waals surface area contributed by atoms with E-state index < -0.39 is 45.4 Å². The number of esters is 1. The number of ether oxygens (including phenoxy) is 2. The summed E-state index contributed by atoms with van der Waals surface area (Å²) in [5.74, 6) is -1.64. The van der Waals surface area contributed by atoms with Gasteiger partial charge >= 0.3 is 12.1 Å². The van der Waals surface area contributed by atoms with Gasteiger partial charge in [0.1, 0.15) is 17.7 Å². The molecule has 0 saturated heterocycles. The summed E-state index contributed by atoms with van der Waals surface area (Å²) in [7, 11) is -1.65. The molecule has 152 valence electrons. The maximum Gasteiger partial charge on any atom is 0.408 e. The van der Waals surface area contributed by atoms with Crippen molar-refractivity contribution in [3.05, 3.63) is 0 Å². The van der Waals surface area contributed by atoms with E-state index in [0.717, 1.165) is 0 Å². The minimum absolute atomic E-state index is 0.00546. The molecule has 0 aliphatic rings. The molecule has 0 saturated carbocycles. The van der Waals surface area contributed by atoms with Crippen LogP contribution in [0.4, 0.5) is 4.79 Å². The lowest BCUT2D eigenvalue weighted by atomic mass is 10.0. The van der Waals surface area contributed by atoms with E-state index in [1.54, 1.807) is 34.6 Å². The van der Waals surface area contributed by atoms with Crippen LogP contribution < -0.4 is 10.6 Å². The van der Waals surface area contributed by atoms with Crippen molar-refractivity contribution in [2.24, 2.45) is 5.92 Å². The van der Waals surface area contributed by atoms with Crippen LogP contribution in [0.5, 0.6) is 0 Å². The number of hydrogen-bond acceptors (Lipinski definition) is 7. The first-order chi connectivity index (χ1) is 11.7. The molecule has 0 rings (SSSR count). The fraction of sp³-hybridized carbons (Fsp3) is 0.812. The molecule has 3 atom stereocenters. The second kappa shape index (κ2) is 9.75. The first-order valence-electron chi connectivity index (χ1n) is 8.25. The standard InChI is InChI=1S/C16H31N3O6S/c1-10(2)12(19-15(22)25-16(3,4)5)13(20)18-11(14(21)24-6)8-9-26(7,17)23/h10-12,17H,8-9H2,1-7H3,(H,18,20)(H,19,22)/t11-,12-,26?/m0/s1/i17+1. The fourth-order valence-electron chi connectivity index (χ4n) is 1.96. The molecule has 3 N–H and O–H groups in total. The molecule has 0 radical (unpaired) electrons. The van der Waals surface area contributed by atoms with Gasteiger partial charge < -0.3 is 20.1 Å². The average molecular weight is 394 g/mol. The van der Waals surface area contributed by atoms with Crippen molar-refractivity contribution in [1.29, 1.82) is 4.78 Å². The highest BCUT2D eigenvalue weighted by atomic mass is 32.2. The average Bonchev–Trinajstić information content (AvgIpc) is 2.44. The Balaban J connectivity index is 5.12. The number of carbonyl (C=O) groups is 3. The number of methoxy groups -OCH3 is 1. The molecule has 0 fully saturated rings. The third-order valence-electron chi connectivity index (χ3n) is 3.22. The normalized spacial score (nSPS) is 16.2. The van der Waals surface area contributed by atoms with Gasteiger partial charge in [-0.2, -0.15) is 0 Å². The van der Waals surface area contributed by atoms with Gasteiger partial charge in [-0.05, 0) is 33.1 Å².